The van der Waals surface area contributed by atoms with Gasteiger partial charge in [0.15, 0.2) is 5.03 Å². The molecule has 1 aliphatic heterocycles. The lowest BCUT2D eigenvalue weighted by Gasteiger charge is -2.37. The third kappa shape index (κ3) is 2.43. The molecule has 0 aromatic carbocycles. The number of nitrogens with one attached hydrogen (secondary N) is 2. The van der Waals surface area contributed by atoms with Crippen LogP contribution >= 0.6 is 0 Å². The lowest BCUT2D eigenvalue weighted by Crippen LogP contribution is -2.52. The molecule has 6 nitrogen and oxygen atoms in total. The SMILES string of the molecule is CNC(C)C1CCCCN1S(=O)(=O)c1ccn[nH]1. The first kappa shape index (κ1) is 13.5. The van der Waals surface area contributed by atoms with E-state index in [-0.39, 0.29) is 17.1 Å². The Balaban J connectivity index is 2.29. The Morgan fingerprint density at radius 1 is 1.56 bits per heavy atom. The Morgan fingerprint density at radius 2 is 2.33 bits per heavy atom. The third-order valence-electron chi connectivity index (χ3n) is 3.59. The molecule has 18 heavy (non-hydrogen) atoms. The molecule has 0 radical (unpaired) electrons. The van der Waals surface area contributed by atoms with E-state index in [2.05, 4.69) is 15.5 Å². The number of H-pyrrole nitrogens is 1. The monoisotopic (exact) mass is 272 g/mol. The Hall–Kier alpha value is -0.920. The van der Waals surface area contributed by atoms with Gasteiger partial charge in [0.25, 0.3) is 10.0 Å². The van der Waals surface area contributed by atoms with Gasteiger partial charge in [0.1, 0.15) is 0 Å². The molecule has 1 saturated heterocycles. The molecule has 2 N–H and O–H groups in total. The number of aromatic nitrogens is 2. The van der Waals surface area contributed by atoms with Gasteiger partial charge in [-0.15, -0.1) is 0 Å². The van der Waals surface area contributed by atoms with Gasteiger partial charge >= 0.3 is 0 Å². The van der Waals surface area contributed by atoms with Gasteiger partial charge < -0.3 is 5.32 Å². The quantitative estimate of drug-likeness (QED) is 0.839. The van der Waals surface area contributed by atoms with Crippen LogP contribution in [-0.4, -0.2) is 48.6 Å². The van der Waals surface area contributed by atoms with Gasteiger partial charge in [-0.1, -0.05) is 6.42 Å². The van der Waals surface area contributed by atoms with Crippen molar-refractivity contribution >= 4 is 10.0 Å². The Bertz CT molecular complexity index is 471. The molecule has 102 valence electrons. The summed E-state index contributed by atoms with van der Waals surface area (Å²) in [5.41, 5.74) is 0. The van der Waals surface area contributed by atoms with Crippen molar-refractivity contribution < 1.29 is 8.42 Å². The molecule has 2 unspecified atom stereocenters. The Labute approximate surface area is 108 Å². The van der Waals surface area contributed by atoms with E-state index in [9.17, 15) is 8.42 Å². The van der Waals surface area contributed by atoms with E-state index in [4.69, 9.17) is 0 Å². The van der Waals surface area contributed by atoms with Crippen LogP contribution in [0.1, 0.15) is 26.2 Å². The number of hydrogen-bond donors (Lipinski definition) is 2. The molecule has 1 aliphatic rings. The molecule has 0 bridgehead atoms. The molecule has 0 amide bonds. The minimum atomic E-state index is -3.45. The van der Waals surface area contributed by atoms with Gasteiger partial charge in [0.05, 0.1) is 6.20 Å². The number of aromatic amines is 1. The van der Waals surface area contributed by atoms with Gasteiger partial charge in [0.2, 0.25) is 0 Å². The molecule has 2 rings (SSSR count). The highest BCUT2D eigenvalue weighted by molar-refractivity contribution is 7.89. The summed E-state index contributed by atoms with van der Waals surface area (Å²) in [5, 5.41) is 9.61. The third-order valence-corrected chi connectivity index (χ3v) is 5.45. The van der Waals surface area contributed by atoms with Crippen molar-refractivity contribution in [3.05, 3.63) is 12.3 Å². The summed E-state index contributed by atoms with van der Waals surface area (Å²) in [5.74, 6) is 0. The first-order valence-electron chi connectivity index (χ1n) is 6.26. The first-order valence-corrected chi connectivity index (χ1v) is 7.70. The molecule has 1 fully saturated rings. The van der Waals surface area contributed by atoms with Gasteiger partial charge in [-0.3, -0.25) is 5.10 Å². The summed E-state index contributed by atoms with van der Waals surface area (Å²) in [7, 11) is -1.59. The van der Waals surface area contributed by atoms with E-state index >= 15 is 0 Å². The average molecular weight is 272 g/mol. The molecule has 0 aliphatic carbocycles. The summed E-state index contributed by atoms with van der Waals surface area (Å²) < 4.78 is 26.6. The van der Waals surface area contributed by atoms with Crippen molar-refractivity contribution in [3.63, 3.8) is 0 Å². The lowest BCUT2D eigenvalue weighted by atomic mass is 9.99. The van der Waals surface area contributed by atoms with Crippen LogP contribution in [0, 0.1) is 0 Å². The van der Waals surface area contributed by atoms with Crippen LogP contribution in [0.25, 0.3) is 0 Å². The van der Waals surface area contributed by atoms with Crippen LogP contribution in [0.3, 0.4) is 0 Å². The maximum absolute atomic E-state index is 12.5. The smallest absolute Gasteiger partial charge is 0.260 e. The summed E-state index contributed by atoms with van der Waals surface area (Å²) >= 11 is 0. The van der Waals surface area contributed by atoms with E-state index in [0.717, 1.165) is 19.3 Å². The Morgan fingerprint density at radius 3 is 2.94 bits per heavy atom. The number of likely N-dealkylation sites (N-methyl/N-ethyl adjacent to an activating group) is 1. The van der Waals surface area contributed by atoms with E-state index in [1.807, 2.05) is 14.0 Å². The molecule has 1 aromatic rings. The first-order chi connectivity index (χ1) is 8.57. The molecule has 2 heterocycles. The van der Waals surface area contributed by atoms with Gasteiger partial charge in [-0.05, 0) is 32.9 Å². The van der Waals surface area contributed by atoms with Crippen molar-refractivity contribution in [1.82, 2.24) is 19.8 Å². The largest absolute Gasteiger partial charge is 0.316 e. The van der Waals surface area contributed by atoms with Crippen molar-refractivity contribution in [1.29, 1.82) is 0 Å². The van der Waals surface area contributed by atoms with Gasteiger partial charge in [-0.2, -0.15) is 9.40 Å². The van der Waals surface area contributed by atoms with E-state index in [1.54, 1.807) is 4.31 Å². The van der Waals surface area contributed by atoms with Crippen LogP contribution in [-0.2, 0) is 10.0 Å². The van der Waals surface area contributed by atoms with Crippen LogP contribution in [0.4, 0.5) is 0 Å². The molecule has 0 spiro atoms. The van der Waals surface area contributed by atoms with Crippen molar-refractivity contribution in [3.8, 4) is 0 Å². The van der Waals surface area contributed by atoms with Crippen LogP contribution in [0.5, 0.6) is 0 Å². The highest BCUT2D eigenvalue weighted by Crippen LogP contribution is 2.26. The Kier molecular flexibility index (Phi) is 4.04. The van der Waals surface area contributed by atoms with Gasteiger partial charge in [-0.25, -0.2) is 8.42 Å². The number of hydrogen-bond acceptors (Lipinski definition) is 4. The van der Waals surface area contributed by atoms with Crippen LogP contribution in [0.15, 0.2) is 17.3 Å². The molecular weight excluding hydrogens is 252 g/mol. The second-order valence-electron chi connectivity index (χ2n) is 4.68. The molecule has 0 saturated carbocycles. The highest BCUT2D eigenvalue weighted by atomic mass is 32.2. The number of sulfonamides is 1. The maximum atomic E-state index is 12.5. The highest BCUT2D eigenvalue weighted by Gasteiger charge is 2.36. The fraction of sp³-hybridized carbons (Fsp3) is 0.727. The van der Waals surface area contributed by atoms with Crippen LogP contribution < -0.4 is 5.32 Å². The number of rotatable bonds is 4. The standard InChI is InChI=1S/C11H20N4O2S/c1-9(12-2)10-5-3-4-8-15(10)18(16,17)11-6-7-13-14-11/h6-7,9-10,12H,3-5,8H2,1-2H3,(H,13,14). The van der Waals surface area contributed by atoms with Crippen molar-refractivity contribution in [2.24, 2.45) is 0 Å². The summed E-state index contributed by atoms with van der Waals surface area (Å²) in [6, 6.07) is 1.66. The fourth-order valence-electron chi connectivity index (χ4n) is 2.43. The second-order valence-corrected chi connectivity index (χ2v) is 6.54. The zero-order valence-electron chi connectivity index (χ0n) is 10.8. The molecule has 1 aromatic heterocycles. The van der Waals surface area contributed by atoms with Crippen molar-refractivity contribution in [2.75, 3.05) is 13.6 Å². The zero-order chi connectivity index (χ0) is 13.2. The zero-order valence-corrected chi connectivity index (χ0v) is 11.6. The molecule has 7 heteroatoms. The summed E-state index contributed by atoms with van der Waals surface area (Å²) in [6.45, 7) is 2.60. The predicted molar refractivity (Wildman–Crippen MR) is 68.6 cm³/mol. The van der Waals surface area contributed by atoms with E-state index in [0.29, 0.717) is 6.54 Å². The summed E-state index contributed by atoms with van der Waals surface area (Å²) in [4.78, 5) is 0. The van der Waals surface area contributed by atoms with Crippen molar-refractivity contribution in [2.45, 2.75) is 43.3 Å². The number of nitrogens with zero attached hydrogens (tertiary/aromatic N) is 2. The minimum absolute atomic E-state index is 0.0112. The van der Waals surface area contributed by atoms with Gasteiger partial charge in [0, 0.05) is 18.6 Å². The molecule has 2 atom stereocenters. The van der Waals surface area contributed by atoms with E-state index < -0.39 is 10.0 Å². The predicted octanol–water partition coefficient (Wildman–Crippen LogP) is 0.561. The maximum Gasteiger partial charge on any atom is 0.260 e. The van der Waals surface area contributed by atoms with Crippen LogP contribution in [0.2, 0.25) is 0 Å². The average Bonchev–Trinajstić information content (AvgIpc) is 2.92. The topological polar surface area (TPSA) is 78.1 Å². The summed E-state index contributed by atoms with van der Waals surface area (Å²) in [6.07, 6.45) is 4.36. The molecular formula is C11H20N4O2S. The second kappa shape index (κ2) is 5.38. The lowest BCUT2D eigenvalue weighted by molar-refractivity contribution is 0.213. The van der Waals surface area contributed by atoms with E-state index in [1.165, 1.54) is 12.3 Å². The normalized spacial score (nSPS) is 24.0. The minimum Gasteiger partial charge on any atom is -0.316 e. The fourth-order valence-corrected chi connectivity index (χ4v) is 4.10. The number of piperidine rings is 1.